The molecule has 1 saturated carbocycles. The summed E-state index contributed by atoms with van der Waals surface area (Å²) in [5.41, 5.74) is 10.9. The Morgan fingerprint density at radius 2 is 2.07 bits per heavy atom. The van der Waals surface area contributed by atoms with E-state index >= 15 is 0 Å². The van der Waals surface area contributed by atoms with E-state index in [-0.39, 0.29) is 0 Å². The van der Waals surface area contributed by atoms with Crippen molar-refractivity contribution in [1.29, 1.82) is 0 Å². The minimum absolute atomic E-state index is 0.416. The first-order valence-electron chi connectivity index (χ1n) is 9.65. The summed E-state index contributed by atoms with van der Waals surface area (Å²) in [7, 11) is 3.56. The Balaban J connectivity index is 1.67. The molecule has 3 rings (SSSR count). The van der Waals surface area contributed by atoms with Gasteiger partial charge in [0.15, 0.2) is 0 Å². The van der Waals surface area contributed by atoms with E-state index in [2.05, 4.69) is 10.3 Å². The van der Waals surface area contributed by atoms with Crippen LogP contribution in [0, 0.1) is 12.8 Å². The van der Waals surface area contributed by atoms with E-state index in [4.69, 9.17) is 15.2 Å². The van der Waals surface area contributed by atoms with Gasteiger partial charge in [-0.25, -0.2) is 0 Å². The second kappa shape index (κ2) is 9.31. The van der Waals surface area contributed by atoms with Crippen molar-refractivity contribution in [2.75, 3.05) is 26.0 Å². The summed E-state index contributed by atoms with van der Waals surface area (Å²) in [6.45, 7) is 3.35. The molecule has 1 aliphatic carbocycles. The maximum absolute atomic E-state index is 6.19. The minimum Gasteiger partial charge on any atom is -0.496 e. The van der Waals surface area contributed by atoms with Crippen LogP contribution in [-0.2, 0) is 6.61 Å². The number of allylic oxidation sites excluding steroid dienone is 1. The molecule has 0 bridgehead atoms. The van der Waals surface area contributed by atoms with Gasteiger partial charge < -0.3 is 20.5 Å². The lowest BCUT2D eigenvalue weighted by Crippen LogP contribution is -2.04. The van der Waals surface area contributed by atoms with Gasteiger partial charge in [-0.1, -0.05) is 6.07 Å². The van der Waals surface area contributed by atoms with Crippen LogP contribution in [-0.4, -0.2) is 26.9 Å². The van der Waals surface area contributed by atoms with Gasteiger partial charge in [0.05, 0.1) is 12.7 Å². The highest BCUT2D eigenvalue weighted by atomic mass is 16.5. The molecular weight excluding hydrogens is 350 g/mol. The number of aliphatic imine (C=N–C) groups is 1. The van der Waals surface area contributed by atoms with E-state index in [0.717, 1.165) is 46.3 Å². The number of aryl methyl sites for hydroxylation is 1. The van der Waals surface area contributed by atoms with Crippen molar-refractivity contribution >= 4 is 17.6 Å². The van der Waals surface area contributed by atoms with Crippen molar-refractivity contribution in [3.63, 3.8) is 0 Å². The van der Waals surface area contributed by atoms with Crippen molar-refractivity contribution in [2.45, 2.75) is 26.4 Å². The summed E-state index contributed by atoms with van der Waals surface area (Å²) in [6, 6.07) is 11.9. The van der Waals surface area contributed by atoms with Crippen LogP contribution in [0.1, 0.15) is 29.5 Å². The molecule has 0 aromatic heterocycles. The first-order valence-corrected chi connectivity index (χ1v) is 9.65. The van der Waals surface area contributed by atoms with E-state index in [0.29, 0.717) is 12.3 Å². The van der Waals surface area contributed by atoms with E-state index in [1.165, 1.54) is 12.8 Å². The quantitative estimate of drug-likeness (QED) is 0.634. The summed E-state index contributed by atoms with van der Waals surface area (Å²) in [6.07, 6.45) is 6.30. The van der Waals surface area contributed by atoms with Crippen molar-refractivity contribution < 1.29 is 9.47 Å². The molecule has 0 spiro atoms. The predicted molar refractivity (Wildman–Crippen MR) is 116 cm³/mol. The standard InChI is InChI=1S/C23H29N3O2/c1-16-13-18(20(24)11-12-26-14-17-7-8-17)9-10-22(16)28-15-19-21(25-2)5-4-6-23(19)27-3/h4-6,9-13,17,25H,7-8,14-15,24H2,1-3H3. The number of hydrogen-bond acceptors (Lipinski definition) is 5. The molecule has 0 unspecified atom stereocenters. The SMILES string of the molecule is CNc1cccc(OC)c1COc1ccc(C(N)=CC=NCC2CC2)cc1C. The molecule has 28 heavy (non-hydrogen) atoms. The number of anilines is 1. The maximum atomic E-state index is 6.19. The molecule has 2 aromatic rings. The molecule has 1 aliphatic rings. The average Bonchev–Trinajstić information content (AvgIpc) is 3.54. The Morgan fingerprint density at radius 1 is 1.25 bits per heavy atom. The monoisotopic (exact) mass is 379 g/mol. The van der Waals surface area contributed by atoms with Crippen LogP contribution in [0.2, 0.25) is 0 Å². The summed E-state index contributed by atoms with van der Waals surface area (Å²) in [5, 5.41) is 3.18. The zero-order valence-electron chi connectivity index (χ0n) is 16.9. The van der Waals surface area contributed by atoms with Crippen LogP contribution >= 0.6 is 0 Å². The maximum Gasteiger partial charge on any atom is 0.127 e. The summed E-state index contributed by atoms with van der Waals surface area (Å²) >= 11 is 0. The van der Waals surface area contributed by atoms with Gasteiger partial charge in [0.25, 0.3) is 0 Å². The van der Waals surface area contributed by atoms with Crippen molar-refractivity contribution in [3.05, 3.63) is 59.2 Å². The lowest BCUT2D eigenvalue weighted by Gasteiger charge is -2.16. The Bertz CT molecular complexity index is 848. The van der Waals surface area contributed by atoms with E-state index in [1.807, 2.05) is 62.7 Å². The predicted octanol–water partition coefficient (Wildman–Crippen LogP) is 4.40. The molecule has 148 valence electrons. The highest BCUT2D eigenvalue weighted by molar-refractivity contribution is 5.83. The Labute approximate surface area is 167 Å². The van der Waals surface area contributed by atoms with Gasteiger partial charge in [-0.15, -0.1) is 0 Å². The fourth-order valence-electron chi connectivity index (χ4n) is 3.02. The molecule has 0 saturated heterocycles. The molecule has 5 nitrogen and oxygen atoms in total. The van der Waals surface area contributed by atoms with Gasteiger partial charge in [-0.3, -0.25) is 4.99 Å². The van der Waals surface area contributed by atoms with Crippen LogP contribution < -0.4 is 20.5 Å². The number of benzene rings is 2. The zero-order valence-corrected chi connectivity index (χ0v) is 16.9. The molecule has 2 aromatic carbocycles. The van der Waals surface area contributed by atoms with E-state index < -0.39 is 0 Å². The van der Waals surface area contributed by atoms with Gasteiger partial charge in [0.2, 0.25) is 0 Å². The molecule has 3 N–H and O–H groups in total. The fraction of sp³-hybridized carbons (Fsp3) is 0.348. The number of nitrogens with two attached hydrogens (primary N) is 1. The van der Waals surface area contributed by atoms with Gasteiger partial charge in [-0.05, 0) is 73.2 Å². The minimum atomic E-state index is 0.416. The van der Waals surface area contributed by atoms with Crippen LogP contribution in [0.25, 0.3) is 5.70 Å². The van der Waals surface area contributed by atoms with Gasteiger partial charge in [0, 0.05) is 31.2 Å². The topological polar surface area (TPSA) is 68.9 Å². The number of methoxy groups -OCH3 is 1. The molecule has 5 heteroatoms. The van der Waals surface area contributed by atoms with Gasteiger partial charge >= 0.3 is 0 Å². The average molecular weight is 380 g/mol. The second-order valence-corrected chi connectivity index (χ2v) is 7.08. The molecule has 1 fully saturated rings. The Morgan fingerprint density at radius 3 is 2.75 bits per heavy atom. The third-order valence-electron chi connectivity index (χ3n) is 4.92. The Kier molecular flexibility index (Phi) is 6.58. The van der Waals surface area contributed by atoms with Crippen LogP contribution in [0.3, 0.4) is 0 Å². The Hall–Kier alpha value is -2.95. The van der Waals surface area contributed by atoms with Gasteiger partial charge in [-0.2, -0.15) is 0 Å². The van der Waals surface area contributed by atoms with Crippen LogP contribution in [0.15, 0.2) is 47.5 Å². The van der Waals surface area contributed by atoms with Crippen molar-refractivity contribution in [2.24, 2.45) is 16.6 Å². The molecule has 0 radical (unpaired) electrons. The number of rotatable bonds is 9. The lowest BCUT2D eigenvalue weighted by molar-refractivity contribution is 0.295. The molecule has 0 amide bonds. The summed E-state index contributed by atoms with van der Waals surface area (Å²) in [5.74, 6) is 2.42. The highest BCUT2D eigenvalue weighted by Gasteiger charge is 2.19. The molecule has 0 atom stereocenters. The van der Waals surface area contributed by atoms with E-state index in [1.54, 1.807) is 7.11 Å². The molecule has 0 heterocycles. The third kappa shape index (κ3) is 5.06. The van der Waals surface area contributed by atoms with E-state index in [9.17, 15) is 0 Å². The normalized spacial score (nSPS) is 14.3. The first-order chi connectivity index (χ1) is 13.6. The summed E-state index contributed by atoms with van der Waals surface area (Å²) < 4.78 is 11.5. The highest BCUT2D eigenvalue weighted by Crippen LogP contribution is 2.30. The first kappa shape index (κ1) is 19.8. The second-order valence-electron chi connectivity index (χ2n) is 7.08. The third-order valence-corrected chi connectivity index (χ3v) is 4.92. The van der Waals surface area contributed by atoms with Crippen LogP contribution in [0.5, 0.6) is 11.5 Å². The number of hydrogen-bond donors (Lipinski definition) is 2. The smallest absolute Gasteiger partial charge is 0.127 e. The summed E-state index contributed by atoms with van der Waals surface area (Å²) in [4.78, 5) is 4.41. The van der Waals surface area contributed by atoms with Crippen LogP contribution in [0.4, 0.5) is 5.69 Å². The van der Waals surface area contributed by atoms with Gasteiger partial charge in [0.1, 0.15) is 18.1 Å². The fourth-order valence-corrected chi connectivity index (χ4v) is 3.02. The van der Waals surface area contributed by atoms with Crippen molar-refractivity contribution in [1.82, 2.24) is 0 Å². The largest absolute Gasteiger partial charge is 0.496 e. The number of ether oxygens (including phenoxy) is 2. The number of nitrogens with zero attached hydrogens (tertiary/aromatic N) is 1. The zero-order chi connectivity index (χ0) is 19.9. The molecular formula is C23H29N3O2. The molecule has 0 aliphatic heterocycles. The lowest BCUT2D eigenvalue weighted by atomic mass is 10.1. The van der Waals surface area contributed by atoms with Crippen molar-refractivity contribution in [3.8, 4) is 11.5 Å². The number of nitrogens with one attached hydrogen (secondary N) is 1.